The topological polar surface area (TPSA) is 58.6 Å². The third kappa shape index (κ3) is 7.67. The number of amides is 1. The van der Waals surface area contributed by atoms with Crippen LogP contribution in [0.3, 0.4) is 0 Å². The van der Waals surface area contributed by atoms with Crippen LogP contribution in [0.4, 0.5) is 0 Å². The van der Waals surface area contributed by atoms with Gasteiger partial charge in [0.1, 0.15) is 0 Å². The molecule has 0 aromatic carbocycles. The van der Waals surface area contributed by atoms with Crippen LogP contribution in [0, 0.1) is 5.41 Å². The van der Waals surface area contributed by atoms with Gasteiger partial charge >= 0.3 is 0 Å². The fraction of sp³-hybridized carbons (Fsp3) is 0.929. The van der Waals surface area contributed by atoms with Crippen LogP contribution in [0.25, 0.3) is 0 Å². The molecule has 1 aliphatic rings. The molecule has 4 nitrogen and oxygen atoms in total. The molecule has 1 amide bonds. The summed E-state index contributed by atoms with van der Waals surface area (Å²) in [5, 5.41) is 11.8. The minimum atomic E-state index is -0.484. The third-order valence-electron chi connectivity index (χ3n) is 2.70. The Balaban J connectivity index is 0. The summed E-state index contributed by atoms with van der Waals surface area (Å²) in [4.78, 5) is 11.7. The normalized spacial score (nSPS) is 18.4. The maximum Gasteiger partial charge on any atom is 0.226 e. The van der Waals surface area contributed by atoms with Gasteiger partial charge in [0, 0.05) is 19.8 Å². The van der Waals surface area contributed by atoms with E-state index in [1.54, 1.807) is 6.92 Å². The summed E-state index contributed by atoms with van der Waals surface area (Å²) in [5.74, 6) is 0.0294. The lowest BCUT2D eigenvalue weighted by Gasteiger charge is -2.32. The molecule has 1 atom stereocenters. The number of carbonyl (C=O) groups excluding carboxylic acids is 1. The second-order valence-corrected chi connectivity index (χ2v) is 4.23. The number of nitrogens with one attached hydrogen (secondary N) is 1. The van der Waals surface area contributed by atoms with Crippen LogP contribution in [0.1, 0.15) is 54.4 Å². The molecule has 1 heterocycles. The summed E-state index contributed by atoms with van der Waals surface area (Å²) in [5.41, 5.74) is -0.312. The van der Waals surface area contributed by atoms with Crippen LogP contribution in [0.15, 0.2) is 0 Å². The highest BCUT2D eigenvalue weighted by Crippen LogP contribution is 2.29. The van der Waals surface area contributed by atoms with Crippen molar-refractivity contribution < 1.29 is 14.6 Å². The van der Waals surface area contributed by atoms with Crippen molar-refractivity contribution in [2.75, 3.05) is 19.8 Å². The average molecular weight is 261 g/mol. The average Bonchev–Trinajstić information content (AvgIpc) is 2.41. The number of hydrogen-bond acceptors (Lipinski definition) is 3. The van der Waals surface area contributed by atoms with E-state index in [2.05, 4.69) is 5.32 Å². The van der Waals surface area contributed by atoms with Gasteiger partial charge in [0.15, 0.2) is 0 Å². The molecule has 0 radical (unpaired) electrons. The molecular formula is C14H31NO3. The van der Waals surface area contributed by atoms with E-state index in [4.69, 9.17) is 9.84 Å². The standard InChI is InChI=1S/C10H19NO3.2C2H6/c1-8(12)7-11-9(13)10(2)3-5-14-6-4-10;2*1-2/h8,12H,3-7H2,1-2H3,(H,11,13);2*1-2H3. The van der Waals surface area contributed by atoms with Crippen LogP contribution in [0.2, 0.25) is 0 Å². The van der Waals surface area contributed by atoms with E-state index in [0.717, 1.165) is 12.8 Å². The van der Waals surface area contributed by atoms with Crippen LogP contribution in [-0.2, 0) is 9.53 Å². The van der Waals surface area contributed by atoms with Gasteiger partial charge in [-0.25, -0.2) is 0 Å². The lowest BCUT2D eigenvalue weighted by Crippen LogP contribution is -2.44. The lowest BCUT2D eigenvalue weighted by molar-refractivity contribution is -0.135. The smallest absolute Gasteiger partial charge is 0.226 e. The van der Waals surface area contributed by atoms with Crippen molar-refractivity contribution >= 4 is 5.91 Å². The number of hydrogen-bond donors (Lipinski definition) is 2. The summed E-state index contributed by atoms with van der Waals surface area (Å²) in [7, 11) is 0. The first-order chi connectivity index (χ1) is 8.54. The van der Waals surface area contributed by atoms with Crippen molar-refractivity contribution in [2.45, 2.75) is 60.5 Å². The molecule has 0 bridgehead atoms. The maximum absolute atomic E-state index is 11.7. The molecule has 1 fully saturated rings. The molecule has 0 aliphatic carbocycles. The number of rotatable bonds is 3. The lowest BCUT2D eigenvalue weighted by atomic mass is 9.81. The van der Waals surface area contributed by atoms with Gasteiger partial charge in [-0.2, -0.15) is 0 Å². The fourth-order valence-corrected chi connectivity index (χ4v) is 1.50. The summed E-state index contributed by atoms with van der Waals surface area (Å²) < 4.78 is 5.21. The number of aliphatic hydroxyl groups is 1. The fourth-order valence-electron chi connectivity index (χ4n) is 1.50. The van der Waals surface area contributed by atoms with E-state index in [-0.39, 0.29) is 11.3 Å². The van der Waals surface area contributed by atoms with E-state index in [9.17, 15) is 4.79 Å². The summed E-state index contributed by atoms with van der Waals surface area (Å²) in [6, 6.07) is 0. The minimum absolute atomic E-state index is 0.0294. The largest absolute Gasteiger partial charge is 0.392 e. The van der Waals surface area contributed by atoms with Crippen LogP contribution < -0.4 is 5.32 Å². The van der Waals surface area contributed by atoms with Crippen LogP contribution in [-0.4, -0.2) is 36.9 Å². The van der Waals surface area contributed by atoms with Gasteiger partial charge < -0.3 is 15.2 Å². The predicted octanol–water partition coefficient (Wildman–Crippen LogP) is 2.35. The highest BCUT2D eigenvalue weighted by Gasteiger charge is 2.34. The van der Waals surface area contributed by atoms with Crippen LogP contribution in [0.5, 0.6) is 0 Å². The molecule has 0 aromatic rings. The highest BCUT2D eigenvalue weighted by atomic mass is 16.5. The Morgan fingerprint density at radius 2 is 1.72 bits per heavy atom. The zero-order valence-electron chi connectivity index (χ0n) is 12.9. The second kappa shape index (κ2) is 11.5. The molecule has 0 aromatic heterocycles. The van der Waals surface area contributed by atoms with Crippen molar-refractivity contribution in [3.8, 4) is 0 Å². The Morgan fingerprint density at radius 3 is 2.11 bits per heavy atom. The Morgan fingerprint density at radius 1 is 1.28 bits per heavy atom. The van der Waals surface area contributed by atoms with Crippen molar-refractivity contribution in [2.24, 2.45) is 5.41 Å². The molecule has 0 spiro atoms. The van der Waals surface area contributed by atoms with E-state index in [1.807, 2.05) is 34.6 Å². The summed E-state index contributed by atoms with van der Waals surface area (Å²) in [6.45, 7) is 13.2. The van der Waals surface area contributed by atoms with E-state index < -0.39 is 6.10 Å². The monoisotopic (exact) mass is 261 g/mol. The van der Waals surface area contributed by atoms with Gasteiger partial charge in [-0.1, -0.05) is 34.6 Å². The first kappa shape index (κ1) is 19.7. The van der Waals surface area contributed by atoms with Gasteiger partial charge in [0.25, 0.3) is 0 Å². The van der Waals surface area contributed by atoms with Crippen molar-refractivity contribution in [1.82, 2.24) is 5.32 Å². The molecule has 1 saturated heterocycles. The molecule has 0 saturated carbocycles. The van der Waals surface area contributed by atoms with Gasteiger partial charge in [-0.05, 0) is 19.8 Å². The first-order valence-corrected chi connectivity index (χ1v) is 7.09. The summed E-state index contributed by atoms with van der Waals surface area (Å²) >= 11 is 0. The number of carbonyl (C=O) groups is 1. The molecule has 1 aliphatic heterocycles. The Kier molecular flexibility index (Phi) is 12.6. The third-order valence-corrected chi connectivity index (χ3v) is 2.70. The number of aliphatic hydroxyl groups excluding tert-OH is 1. The zero-order chi connectivity index (χ0) is 14.6. The minimum Gasteiger partial charge on any atom is -0.392 e. The molecule has 18 heavy (non-hydrogen) atoms. The van der Waals surface area contributed by atoms with E-state index in [0.29, 0.717) is 19.8 Å². The Hall–Kier alpha value is -0.610. The van der Waals surface area contributed by atoms with E-state index in [1.165, 1.54) is 0 Å². The quantitative estimate of drug-likeness (QED) is 0.820. The maximum atomic E-state index is 11.7. The van der Waals surface area contributed by atoms with Gasteiger partial charge in [0.2, 0.25) is 5.91 Å². The van der Waals surface area contributed by atoms with Crippen molar-refractivity contribution in [1.29, 1.82) is 0 Å². The second-order valence-electron chi connectivity index (χ2n) is 4.23. The molecule has 4 heteroatoms. The van der Waals surface area contributed by atoms with Gasteiger partial charge in [-0.3, -0.25) is 4.79 Å². The Labute approximate surface area is 112 Å². The predicted molar refractivity (Wildman–Crippen MR) is 75.5 cm³/mol. The molecular weight excluding hydrogens is 230 g/mol. The van der Waals surface area contributed by atoms with Crippen molar-refractivity contribution in [3.63, 3.8) is 0 Å². The number of ether oxygens (including phenoxy) is 1. The summed E-state index contributed by atoms with van der Waals surface area (Å²) in [6.07, 6.45) is 1.04. The van der Waals surface area contributed by atoms with Crippen LogP contribution >= 0.6 is 0 Å². The molecule has 1 unspecified atom stereocenters. The Bertz CT molecular complexity index is 199. The van der Waals surface area contributed by atoms with Gasteiger partial charge in [0.05, 0.1) is 11.5 Å². The van der Waals surface area contributed by atoms with Gasteiger partial charge in [-0.15, -0.1) is 0 Å². The molecule has 110 valence electrons. The zero-order valence-corrected chi connectivity index (χ0v) is 12.9. The first-order valence-electron chi connectivity index (χ1n) is 7.09. The van der Waals surface area contributed by atoms with E-state index >= 15 is 0 Å². The molecule has 1 rings (SSSR count). The highest BCUT2D eigenvalue weighted by molar-refractivity contribution is 5.82. The van der Waals surface area contributed by atoms with Crippen molar-refractivity contribution in [3.05, 3.63) is 0 Å². The molecule has 2 N–H and O–H groups in total. The SMILES string of the molecule is CC.CC.CC(O)CNC(=O)C1(C)CCOCC1.